The molecule has 1 N–H and O–H groups in total. The van der Waals surface area contributed by atoms with Crippen LogP contribution < -0.4 is 14.8 Å². The van der Waals surface area contributed by atoms with Crippen molar-refractivity contribution in [2.75, 3.05) is 13.2 Å². The number of carbonyl (C=O) groups is 2. The van der Waals surface area contributed by atoms with Crippen molar-refractivity contribution in [2.45, 2.75) is 36.7 Å². The Bertz CT molecular complexity index is 1160. The van der Waals surface area contributed by atoms with Crippen molar-refractivity contribution in [3.8, 4) is 11.5 Å². The van der Waals surface area contributed by atoms with Crippen molar-refractivity contribution in [2.24, 2.45) is 0 Å². The number of rotatable bonds is 3. The molecule has 1 fully saturated rings. The topological polar surface area (TPSA) is 102 Å². The molecular weight excluding hydrogens is 408 g/mol. The fourth-order valence-corrected chi connectivity index (χ4v) is 5.53. The lowest BCUT2D eigenvalue weighted by atomic mass is 9.89. The molecule has 9 heteroatoms. The molecule has 2 aromatic carbocycles. The van der Waals surface area contributed by atoms with Gasteiger partial charge in [-0.1, -0.05) is 18.2 Å². The molecule has 8 nitrogen and oxygen atoms in total. The van der Waals surface area contributed by atoms with E-state index < -0.39 is 15.9 Å². The Balaban J connectivity index is 1.39. The van der Waals surface area contributed by atoms with Gasteiger partial charge >= 0.3 is 0 Å². The van der Waals surface area contributed by atoms with E-state index >= 15 is 0 Å². The summed E-state index contributed by atoms with van der Waals surface area (Å²) in [4.78, 5) is 23.7. The largest absolute Gasteiger partial charge is 0.486 e. The Labute approximate surface area is 173 Å². The van der Waals surface area contributed by atoms with Crippen molar-refractivity contribution >= 4 is 21.8 Å². The number of carbonyl (C=O) groups excluding carboxylic acids is 2. The molecule has 0 aliphatic carbocycles. The zero-order valence-electron chi connectivity index (χ0n) is 16.1. The SMILES string of the molecule is O=C1CCC(c2ccc3c(c2)CN(S(=O)(=O)c2ccc4c(c2)OCCO4)C3)C(=O)N1. The quantitative estimate of drug-likeness (QED) is 0.747. The Kier molecular flexibility index (Phi) is 4.52. The Morgan fingerprint density at radius 1 is 0.933 bits per heavy atom. The third kappa shape index (κ3) is 3.23. The number of imide groups is 1. The minimum absolute atomic E-state index is 0.157. The number of hydrogen-bond donors (Lipinski definition) is 1. The molecule has 156 valence electrons. The number of nitrogens with zero attached hydrogens (tertiary/aromatic N) is 1. The lowest BCUT2D eigenvalue weighted by molar-refractivity contribution is -0.134. The van der Waals surface area contributed by atoms with Gasteiger partial charge in [-0.2, -0.15) is 4.31 Å². The first-order valence-electron chi connectivity index (χ1n) is 9.77. The maximum atomic E-state index is 13.2. The van der Waals surface area contributed by atoms with Gasteiger partial charge in [-0.3, -0.25) is 14.9 Å². The number of fused-ring (bicyclic) bond motifs is 2. The summed E-state index contributed by atoms with van der Waals surface area (Å²) in [6.07, 6.45) is 0.765. The van der Waals surface area contributed by atoms with Gasteiger partial charge in [0.05, 0.1) is 10.8 Å². The number of sulfonamides is 1. The molecule has 30 heavy (non-hydrogen) atoms. The number of hydrogen-bond acceptors (Lipinski definition) is 6. The van der Waals surface area contributed by atoms with Crippen LogP contribution in [0.1, 0.15) is 35.4 Å². The van der Waals surface area contributed by atoms with Crippen LogP contribution in [-0.2, 0) is 32.7 Å². The normalized spacial score (nSPS) is 21.3. The molecule has 3 aliphatic rings. The summed E-state index contributed by atoms with van der Waals surface area (Å²) in [6.45, 7) is 1.32. The van der Waals surface area contributed by atoms with Crippen molar-refractivity contribution < 1.29 is 27.5 Å². The van der Waals surface area contributed by atoms with E-state index in [9.17, 15) is 18.0 Å². The lowest BCUT2D eigenvalue weighted by Crippen LogP contribution is -2.39. The summed E-state index contributed by atoms with van der Waals surface area (Å²) < 4.78 is 38.8. The molecular formula is C21H20N2O6S. The predicted molar refractivity (Wildman–Crippen MR) is 105 cm³/mol. The highest BCUT2D eigenvalue weighted by Gasteiger charge is 2.33. The van der Waals surface area contributed by atoms with Gasteiger partial charge in [-0.15, -0.1) is 0 Å². The second-order valence-electron chi connectivity index (χ2n) is 7.61. The smallest absolute Gasteiger partial charge is 0.243 e. The van der Waals surface area contributed by atoms with Gasteiger partial charge in [0.2, 0.25) is 21.8 Å². The summed E-state index contributed by atoms with van der Waals surface area (Å²) in [5.41, 5.74) is 2.59. The van der Waals surface area contributed by atoms with Crippen LogP contribution in [0.25, 0.3) is 0 Å². The lowest BCUT2D eigenvalue weighted by Gasteiger charge is -2.21. The molecule has 1 atom stereocenters. The summed E-state index contributed by atoms with van der Waals surface area (Å²) in [5, 5.41) is 2.37. The van der Waals surface area contributed by atoms with Gasteiger partial charge in [0.15, 0.2) is 11.5 Å². The molecule has 0 bridgehead atoms. The van der Waals surface area contributed by atoms with Crippen LogP contribution in [0.15, 0.2) is 41.3 Å². The first-order valence-corrected chi connectivity index (χ1v) is 11.2. The molecule has 0 radical (unpaired) electrons. The number of ether oxygens (including phenoxy) is 2. The van der Waals surface area contributed by atoms with Gasteiger partial charge in [0.1, 0.15) is 13.2 Å². The highest BCUT2D eigenvalue weighted by atomic mass is 32.2. The third-order valence-corrected chi connectivity index (χ3v) is 7.50. The van der Waals surface area contributed by atoms with E-state index in [1.54, 1.807) is 6.07 Å². The maximum Gasteiger partial charge on any atom is 0.243 e. The van der Waals surface area contributed by atoms with E-state index in [-0.39, 0.29) is 29.8 Å². The third-order valence-electron chi connectivity index (χ3n) is 5.72. The van der Waals surface area contributed by atoms with E-state index in [1.165, 1.54) is 16.4 Å². The Morgan fingerprint density at radius 2 is 1.70 bits per heavy atom. The average Bonchev–Trinajstić information content (AvgIpc) is 3.17. The number of nitrogens with one attached hydrogen (secondary N) is 1. The monoisotopic (exact) mass is 428 g/mol. The molecule has 1 unspecified atom stereocenters. The van der Waals surface area contributed by atoms with E-state index in [2.05, 4.69) is 5.32 Å². The van der Waals surface area contributed by atoms with Crippen LogP contribution in [0.2, 0.25) is 0 Å². The number of piperidine rings is 1. The second-order valence-corrected chi connectivity index (χ2v) is 9.55. The fraction of sp³-hybridized carbons (Fsp3) is 0.333. The number of amides is 2. The first kappa shape index (κ1) is 19.1. The summed E-state index contributed by atoms with van der Waals surface area (Å²) in [7, 11) is -3.72. The maximum absolute atomic E-state index is 13.2. The van der Waals surface area contributed by atoms with Crippen LogP contribution >= 0.6 is 0 Å². The summed E-state index contributed by atoms with van der Waals surface area (Å²) in [6, 6.07) is 10.2. The highest BCUT2D eigenvalue weighted by Crippen LogP contribution is 2.36. The van der Waals surface area contributed by atoms with E-state index in [4.69, 9.17) is 9.47 Å². The minimum atomic E-state index is -3.72. The zero-order valence-corrected chi connectivity index (χ0v) is 16.9. The molecule has 0 aromatic heterocycles. The van der Waals surface area contributed by atoms with Gasteiger partial charge in [-0.25, -0.2) is 8.42 Å². The molecule has 0 saturated carbocycles. The number of benzene rings is 2. The van der Waals surface area contributed by atoms with Crippen LogP contribution in [0.3, 0.4) is 0 Å². The van der Waals surface area contributed by atoms with E-state index in [1.807, 2.05) is 18.2 Å². The Morgan fingerprint density at radius 3 is 2.50 bits per heavy atom. The van der Waals surface area contributed by atoms with Crippen LogP contribution in [0, 0.1) is 0 Å². The van der Waals surface area contributed by atoms with Crippen molar-refractivity contribution in [1.82, 2.24) is 9.62 Å². The molecule has 3 heterocycles. The molecule has 5 rings (SSSR count). The van der Waals surface area contributed by atoms with Crippen molar-refractivity contribution in [3.63, 3.8) is 0 Å². The molecule has 2 amide bonds. The van der Waals surface area contributed by atoms with Gasteiger partial charge in [-0.05, 0) is 35.2 Å². The summed E-state index contributed by atoms with van der Waals surface area (Å²) in [5.74, 6) is 0.0217. The average molecular weight is 428 g/mol. The molecule has 2 aromatic rings. The van der Waals surface area contributed by atoms with Crippen molar-refractivity contribution in [3.05, 3.63) is 53.1 Å². The highest BCUT2D eigenvalue weighted by molar-refractivity contribution is 7.89. The summed E-state index contributed by atoms with van der Waals surface area (Å²) >= 11 is 0. The van der Waals surface area contributed by atoms with Gasteiger partial charge < -0.3 is 9.47 Å². The fourth-order valence-electron chi connectivity index (χ4n) is 4.11. The zero-order chi connectivity index (χ0) is 20.9. The van der Waals surface area contributed by atoms with Crippen LogP contribution in [0.4, 0.5) is 0 Å². The molecule has 3 aliphatic heterocycles. The van der Waals surface area contributed by atoms with Gasteiger partial charge in [0.25, 0.3) is 0 Å². The van der Waals surface area contributed by atoms with Crippen LogP contribution in [-0.4, -0.2) is 37.8 Å². The van der Waals surface area contributed by atoms with Gasteiger partial charge in [0, 0.05) is 25.6 Å². The standard InChI is InChI=1S/C21H20N2O6S/c24-20-6-4-17(21(25)22-20)13-1-2-14-11-23(12-15(14)9-13)30(26,27)16-3-5-18-19(10-16)29-8-7-28-18/h1-3,5,9-10,17H,4,6-8,11-12H2,(H,22,24,25). The molecule has 1 saturated heterocycles. The van der Waals surface area contributed by atoms with E-state index in [0.29, 0.717) is 37.6 Å². The minimum Gasteiger partial charge on any atom is -0.486 e. The van der Waals surface area contributed by atoms with Crippen LogP contribution in [0.5, 0.6) is 11.5 Å². The van der Waals surface area contributed by atoms with E-state index in [0.717, 1.165) is 16.7 Å². The van der Waals surface area contributed by atoms with Crippen molar-refractivity contribution in [1.29, 1.82) is 0 Å². The molecule has 0 spiro atoms. The first-order chi connectivity index (χ1) is 14.4. The Hall–Kier alpha value is -2.91. The predicted octanol–water partition coefficient (Wildman–Crippen LogP) is 1.68. The second kappa shape index (κ2) is 7.10.